The SMILES string of the molecule is CCOC(=O)/C(C#N)=C1\c2ncn(COCCO)c2N=CN1C. The van der Waals surface area contributed by atoms with E-state index in [9.17, 15) is 10.1 Å². The van der Waals surface area contributed by atoms with Gasteiger partial charge in [-0.2, -0.15) is 5.26 Å². The number of nitriles is 1. The first-order chi connectivity index (χ1) is 11.1. The Balaban J connectivity index is 2.43. The number of aliphatic hydroxyl groups excluding tert-OH is 1. The molecule has 0 aromatic carbocycles. The van der Waals surface area contributed by atoms with Gasteiger partial charge in [0, 0.05) is 7.05 Å². The van der Waals surface area contributed by atoms with Crippen LogP contribution in [-0.2, 0) is 21.0 Å². The molecular formula is C14H17N5O4. The molecule has 0 spiro atoms. The zero-order chi connectivity index (χ0) is 16.8. The van der Waals surface area contributed by atoms with Crippen molar-refractivity contribution in [2.45, 2.75) is 13.7 Å². The quantitative estimate of drug-likeness (QED) is 0.346. The normalized spacial score (nSPS) is 15.1. The molecule has 2 rings (SSSR count). The molecule has 122 valence electrons. The predicted molar refractivity (Wildman–Crippen MR) is 80.3 cm³/mol. The Bertz CT molecular complexity index is 686. The first-order valence-electron chi connectivity index (χ1n) is 6.96. The Morgan fingerprint density at radius 3 is 2.96 bits per heavy atom. The van der Waals surface area contributed by atoms with Gasteiger partial charge in [-0.15, -0.1) is 0 Å². The lowest BCUT2D eigenvalue weighted by Crippen LogP contribution is -2.23. The van der Waals surface area contributed by atoms with Crippen molar-refractivity contribution in [2.24, 2.45) is 4.99 Å². The van der Waals surface area contributed by atoms with Gasteiger partial charge in [-0.25, -0.2) is 14.8 Å². The molecule has 0 saturated heterocycles. The highest BCUT2D eigenvalue weighted by Crippen LogP contribution is 2.32. The summed E-state index contributed by atoms with van der Waals surface area (Å²) < 4.78 is 11.8. The molecule has 0 atom stereocenters. The topological polar surface area (TPSA) is 113 Å². The van der Waals surface area contributed by atoms with Gasteiger partial charge in [0.25, 0.3) is 0 Å². The van der Waals surface area contributed by atoms with Crippen molar-refractivity contribution >= 4 is 23.8 Å². The van der Waals surface area contributed by atoms with Crippen LogP contribution in [0.4, 0.5) is 5.82 Å². The number of hydrogen-bond donors (Lipinski definition) is 1. The van der Waals surface area contributed by atoms with Gasteiger partial charge in [0.2, 0.25) is 0 Å². The molecule has 0 radical (unpaired) electrons. The minimum atomic E-state index is -0.704. The molecule has 1 N–H and O–H groups in total. The highest BCUT2D eigenvalue weighted by molar-refractivity contribution is 6.04. The molecule has 1 aliphatic heterocycles. The molecule has 9 nitrogen and oxygen atoms in total. The van der Waals surface area contributed by atoms with Crippen molar-refractivity contribution < 1.29 is 19.4 Å². The highest BCUT2D eigenvalue weighted by atomic mass is 16.5. The number of aliphatic hydroxyl groups is 1. The number of fused-ring (bicyclic) bond motifs is 1. The Hall–Kier alpha value is -2.70. The summed E-state index contributed by atoms with van der Waals surface area (Å²) in [5.74, 6) is -0.239. The van der Waals surface area contributed by atoms with E-state index in [2.05, 4.69) is 9.98 Å². The maximum Gasteiger partial charge on any atom is 0.351 e. The summed E-state index contributed by atoms with van der Waals surface area (Å²) in [4.78, 5) is 22.0. The fraction of sp³-hybridized carbons (Fsp3) is 0.429. The Kier molecular flexibility index (Phi) is 5.46. The number of aromatic nitrogens is 2. The average Bonchev–Trinajstić information content (AvgIpc) is 2.94. The second-order valence-electron chi connectivity index (χ2n) is 4.56. The van der Waals surface area contributed by atoms with Crippen molar-refractivity contribution in [1.82, 2.24) is 14.5 Å². The van der Waals surface area contributed by atoms with Gasteiger partial charge >= 0.3 is 5.97 Å². The predicted octanol–water partition coefficient (Wildman–Crippen LogP) is 0.252. The monoisotopic (exact) mass is 319 g/mol. The lowest BCUT2D eigenvalue weighted by Gasteiger charge is -2.22. The fourth-order valence-electron chi connectivity index (χ4n) is 2.06. The van der Waals surface area contributed by atoms with Crippen molar-refractivity contribution in [3.05, 3.63) is 17.6 Å². The van der Waals surface area contributed by atoms with E-state index >= 15 is 0 Å². The molecule has 0 unspecified atom stereocenters. The van der Waals surface area contributed by atoms with Crippen LogP contribution in [0.25, 0.3) is 5.70 Å². The number of hydrogen-bond acceptors (Lipinski definition) is 8. The molecule has 0 bridgehead atoms. The third-order valence-electron chi connectivity index (χ3n) is 3.03. The van der Waals surface area contributed by atoms with Crippen LogP contribution in [0.3, 0.4) is 0 Å². The minimum Gasteiger partial charge on any atom is -0.462 e. The number of carbonyl (C=O) groups is 1. The van der Waals surface area contributed by atoms with E-state index in [0.29, 0.717) is 17.2 Å². The summed E-state index contributed by atoms with van der Waals surface area (Å²) in [5, 5.41) is 18.1. The van der Waals surface area contributed by atoms with Crippen LogP contribution in [0.15, 0.2) is 16.9 Å². The maximum atomic E-state index is 12.0. The Labute approximate surface area is 133 Å². The summed E-state index contributed by atoms with van der Waals surface area (Å²) in [7, 11) is 1.67. The molecule has 1 aliphatic rings. The van der Waals surface area contributed by atoms with E-state index < -0.39 is 5.97 Å². The van der Waals surface area contributed by atoms with Gasteiger partial charge in [0.15, 0.2) is 11.4 Å². The van der Waals surface area contributed by atoms with Crippen LogP contribution in [0, 0.1) is 11.3 Å². The molecule has 0 amide bonds. The standard InChI is InChI=1S/C14H17N5O4/c1-3-23-14(21)10(6-15)12-11-13(17-7-18(12)2)19(8-16-11)9-22-5-4-20/h7-8,20H,3-5,9H2,1-2H3/b12-10+. The number of esters is 1. The molecule has 0 aliphatic carbocycles. The van der Waals surface area contributed by atoms with Gasteiger partial charge in [-0.3, -0.25) is 4.57 Å². The van der Waals surface area contributed by atoms with Crippen LogP contribution in [0.2, 0.25) is 0 Å². The number of nitrogens with zero attached hydrogens (tertiary/aromatic N) is 5. The smallest absolute Gasteiger partial charge is 0.351 e. The number of aliphatic imine (C=N–C) groups is 1. The second kappa shape index (κ2) is 7.53. The lowest BCUT2D eigenvalue weighted by atomic mass is 10.1. The molecular weight excluding hydrogens is 302 g/mol. The number of carbonyl (C=O) groups excluding carboxylic acids is 1. The largest absolute Gasteiger partial charge is 0.462 e. The zero-order valence-electron chi connectivity index (χ0n) is 12.9. The molecule has 1 aromatic rings. The molecule has 1 aromatic heterocycles. The first-order valence-corrected chi connectivity index (χ1v) is 6.96. The maximum absolute atomic E-state index is 12.0. The second-order valence-corrected chi connectivity index (χ2v) is 4.56. The number of ether oxygens (including phenoxy) is 2. The molecule has 9 heteroatoms. The Morgan fingerprint density at radius 1 is 1.52 bits per heavy atom. The lowest BCUT2D eigenvalue weighted by molar-refractivity contribution is -0.137. The number of imidazole rings is 1. The minimum absolute atomic E-state index is 0.0878. The Morgan fingerprint density at radius 2 is 2.30 bits per heavy atom. The summed E-state index contributed by atoms with van der Waals surface area (Å²) in [6, 6.07) is 1.88. The van der Waals surface area contributed by atoms with Crippen LogP contribution in [0.5, 0.6) is 0 Å². The van der Waals surface area contributed by atoms with Crippen molar-refractivity contribution in [3.8, 4) is 6.07 Å². The van der Waals surface area contributed by atoms with E-state index in [1.807, 2.05) is 6.07 Å². The zero-order valence-corrected chi connectivity index (χ0v) is 12.9. The molecule has 0 fully saturated rings. The summed E-state index contributed by atoms with van der Waals surface area (Å²) in [6.07, 6.45) is 2.98. The molecule has 23 heavy (non-hydrogen) atoms. The van der Waals surface area contributed by atoms with E-state index in [0.717, 1.165) is 0 Å². The fourth-order valence-corrected chi connectivity index (χ4v) is 2.06. The van der Waals surface area contributed by atoms with Crippen LogP contribution >= 0.6 is 0 Å². The summed E-state index contributed by atoms with van der Waals surface area (Å²) >= 11 is 0. The number of rotatable bonds is 6. The first kappa shape index (κ1) is 16.7. The third kappa shape index (κ3) is 3.39. The van der Waals surface area contributed by atoms with E-state index in [-0.39, 0.29) is 32.1 Å². The summed E-state index contributed by atoms with van der Waals surface area (Å²) in [5.41, 5.74) is 0.590. The van der Waals surface area contributed by atoms with Crippen molar-refractivity contribution in [2.75, 3.05) is 26.9 Å². The van der Waals surface area contributed by atoms with Gasteiger partial charge in [-0.05, 0) is 6.92 Å². The molecule has 2 heterocycles. The summed E-state index contributed by atoms with van der Waals surface area (Å²) in [6.45, 7) is 2.09. The molecule has 0 saturated carbocycles. The van der Waals surface area contributed by atoms with Gasteiger partial charge in [-0.1, -0.05) is 0 Å². The van der Waals surface area contributed by atoms with Crippen molar-refractivity contribution in [1.29, 1.82) is 5.26 Å². The van der Waals surface area contributed by atoms with Crippen molar-refractivity contribution in [3.63, 3.8) is 0 Å². The van der Waals surface area contributed by atoms with E-state index in [4.69, 9.17) is 14.6 Å². The van der Waals surface area contributed by atoms with Gasteiger partial charge < -0.3 is 19.5 Å². The van der Waals surface area contributed by atoms with Gasteiger partial charge in [0.05, 0.1) is 38.2 Å². The van der Waals surface area contributed by atoms with Crippen LogP contribution in [-0.4, -0.2) is 58.7 Å². The highest BCUT2D eigenvalue weighted by Gasteiger charge is 2.28. The van der Waals surface area contributed by atoms with E-state index in [1.54, 1.807) is 23.4 Å². The van der Waals surface area contributed by atoms with Crippen LogP contribution in [0.1, 0.15) is 12.6 Å². The van der Waals surface area contributed by atoms with E-state index in [1.165, 1.54) is 12.7 Å². The third-order valence-corrected chi connectivity index (χ3v) is 3.03. The average molecular weight is 319 g/mol. The van der Waals surface area contributed by atoms with Crippen LogP contribution < -0.4 is 0 Å². The van der Waals surface area contributed by atoms with Gasteiger partial charge in [0.1, 0.15) is 18.5 Å².